The van der Waals surface area contributed by atoms with Crippen molar-refractivity contribution in [1.82, 2.24) is 19.9 Å². The van der Waals surface area contributed by atoms with Gasteiger partial charge in [-0.05, 0) is 240 Å². The number of carbonyl (C=O) groups excluding carboxylic acids is 4. The maximum atomic E-state index is 12.0. The van der Waals surface area contributed by atoms with Crippen molar-refractivity contribution in [1.29, 1.82) is 0 Å². The van der Waals surface area contributed by atoms with Crippen LogP contribution in [0.25, 0.3) is 77.0 Å². The lowest BCUT2D eigenvalue weighted by atomic mass is 9.80. The summed E-state index contributed by atoms with van der Waals surface area (Å²) in [6.45, 7) is 7.96. The number of halogens is 1. The second-order valence-corrected chi connectivity index (χ2v) is 27.9. The summed E-state index contributed by atoms with van der Waals surface area (Å²) in [6, 6.07) is 95.7. The Labute approximate surface area is 736 Å². The molecule has 26 nitrogen and oxygen atoms in total. The molecule has 28 heteroatoms. The summed E-state index contributed by atoms with van der Waals surface area (Å²) >= 11 is 3.40. The molecule has 12 aromatic carbocycles. The van der Waals surface area contributed by atoms with E-state index in [0.717, 1.165) is 107 Å². The number of aromatic nitrogens is 4. The molecule has 2 atom stereocenters. The van der Waals surface area contributed by atoms with Crippen LogP contribution in [0.1, 0.15) is 46.2 Å². The molecular formula is C98H95BBrN7O19. The Bertz CT molecular complexity index is 6060. The lowest BCUT2D eigenvalue weighted by molar-refractivity contribution is -0.510. The van der Waals surface area contributed by atoms with Gasteiger partial charge in [0.15, 0.2) is 0 Å². The van der Waals surface area contributed by atoms with Gasteiger partial charge in [0.25, 0.3) is 12.5 Å². The molecule has 2 unspecified atom stereocenters. The fourth-order valence-corrected chi connectivity index (χ4v) is 12.6. The van der Waals surface area contributed by atoms with Gasteiger partial charge in [-0.25, -0.2) is 9.59 Å². The molecule has 0 aliphatic rings. The zero-order valence-corrected chi connectivity index (χ0v) is 70.2. The topological polar surface area (TPSA) is 386 Å². The van der Waals surface area contributed by atoms with E-state index in [2.05, 4.69) is 107 Å². The minimum Gasteiger partial charge on any atom is -0.481 e. The van der Waals surface area contributed by atoms with Crippen LogP contribution in [0.4, 0.5) is 0 Å². The summed E-state index contributed by atoms with van der Waals surface area (Å²) in [5, 5.41) is 50.6. The predicted molar refractivity (Wildman–Crippen MR) is 495 cm³/mol. The second-order valence-electron chi connectivity index (χ2n) is 26.9. The number of nitro groups is 2. The first kappa shape index (κ1) is 96.2. The van der Waals surface area contributed by atoms with Crippen LogP contribution in [0, 0.1) is 20.2 Å². The molecule has 0 amide bonds. The molecule has 0 bridgehead atoms. The first-order valence-electron chi connectivity index (χ1n) is 39.3. The molecule has 0 saturated carbocycles. The van der Waals surface area contributed by atoms with Crippen molar-refractivity contribution in [3.63, 3.8) is 0 Å². The number of aliphatic carboxylic acids is 1. The lowest BCUT2D eigenvalue weighted by Gasteiger charge is -2.10. The van der Waals surface area contributed by atoms with E-state index in [1.165, 1.54) is 27.4 Å². The van der Waals surface area contributed by atoms with Gasteiger partial charge < -0.3 is 78.8 Å². The number of hydrogen-bond acceptors (Lipinski definition) is 19. The van der Waals surface area contributed by atoms with Gasteiger partial charge >= 0.3 is 31.1 Å². The minimum atomic E-state index is -1.44. The van der Waals surface area contributed by atoms with Gasteiger partial charge in [0.05, 0.1) is 26.2 Å². The number of nitrogens with one attached hydrogen (secondary N) is 4. The van der Waals surface area contributed by atoms with Crippen LogP contribution < -0.4 is 30.1 Å². The van der Waals surface area contributed by atoms with Crippen molar-refractivity contribution in [2.45, 2.75) is 60.0 Å². The Balaban J connectivity index is 0.000000193. The van der Waals surface area contributed by atoms with Crippen molar-refractivity contribution in [3.05, 3.63) is 364 Å². The summed E-state index contributed by atoms with van der Waals surface area (Å²) in [6.07, 6.45) is 7.90. The van der Waals surface area contributed by atoms with E-state index < -0.39 is 53.5 Å². The highest BCUT2D eigenvalue weighted by Gasteiger charge is 2.32. The number of H-pyrrole nitrogens is 4. The van der Waals surface area contributed by atoms with Crippen LogP contribution >= 0.6 is 15.9 Å². The Kier molecular flexibility index (Phi) is 38.4. The number of fused-ring (bicyclic) bond motifs is 4. The number of ether oxygens (including phenoxy) is 7. The van der Waals surface area contributed by atoms with Gasteiger partial charge in [-0.15, -0.1) is 0 Å². The third-order valence-corrected chi connectivity index (χ3v) is 18.6. The molecule has 4 heterocycles. The molecule has 4 aromatic heterocycles. The molecule has 0 fully saturated rings. The van der Waals surface area contributed by atoms with E-state index in [1.54, 1.807) is 51.2 Å². The summed E-state index contributed by atoms with van der Waals surface area (Å²) < 4.78 is 38.4. The van der Waals surface area contributed by atoms with Gasteiger partial charge in [0, 0.05) is 90.7 Å². The number of para-hydroxylation sites is 4. The fourth-order valence-electron chi connectivity index (χ4n) is 12.2. The fraction of sp³-hybridized carbons (Fsp3) is 0.133. The van der Waals surface area contributed by atoms with Crippen molar-refractivity contribution >= 4 is 103 Å². The number of carbonyl (C=O) groups is 5. The largest absolute Gasteiger partial charge is 0.488 e. The highest BCUT2D eigenvalue weighted by molar-refractivity contribution is 9.10. The van der Waals surface area contributed by atoms with E-state index in [1.807, 2.05) is 238 Å². The van der Waals surface area contributed by atoms with E-state index in [-0.39, 0.29) is 33.0 Å². The van der Waals surface area contributed by atoms with E-state index in [9.17, 15) is 34.6 Å². The Morgan fingerprint density at radius 3 is 1.12 bits per heavy atom. The summed E-state index contributed by atoms with van der Waals surface area (Å²) in [5.74, 6) is 3.37. The molecule has 16 aromatic rings. The number of aromatic amines is 4. The number of nitrogens with zero attached hydrogens (tertiary/aromatic N) is 2. The molecule has 0 spiro atoms. The first-order valence-corrected chi connectivity index (χ1v) is 40.0. The van der Waals surface area contributed by atoms with Gasteiger partial charge in [-0.3, -0.25) is 29.8 Å². The smallest absolute Gasteiger partial charge is 0.481 e. The lowest BCUT2D eigenvalue weighted by Crippen LogP contribution is -2.34. The zero-order chi connectivity index (χ0) is 89.4. The summed E-state index contributed by atoms with van der Waals surface area (Å²) in [5.41, 5.74) is 18.8. The highest BCUT2D eigenvalue weighted by Crippen LogP contribution is 2.34. The Hall–Kier alpha value is -15.2. The predicted octanol–water partition coefficient (Wildman–Crippen LogP) is 20.5. The summed E-state index contributed by atoms with van der Waals surface area (Å²) in [4.78, 5) is 83.5. The second kappa shape index (κ2) is 50.2. The standard InChI is InChI=1S/C25H22N2O5.C25H24N2O3.C20H15NO.C12H11BO3.C8H6BrN.C4H7NO4.C2H4O2.CH2O.CH4/c1-2-31-25(28)24(27(29)30)15-19-16-26-23-13-10-18(14-22(19)23)17-8-11-21(12-9-17)32-20-6-4-3-5-7-20;1-2-29-25(28)23(26)15-19-16-27-24-13-10-18(14-22(19)24)17-8-11-21(12-9-17)30-20-6-4-3-5-7-20;1-2-4-18(5-3-1)22-19-9-6-15(7-10-19)16-8-11-20-17(14-16)12-13-21-20;14-13(15)10-6-8-12(9-7-10)16-11-4-2-1-3-5-11;9-7-1-2-8-6(5-7)3-4-10-8;1-2-9-4(6)3-5(7)8;1-2(3)4;1-2;/h3-14,16,24,26H,2,15H2,1H3;3-14,16,23,27H,2,15,26H2,1H3;1-14,21H;1-9,14-15H;1-5,10H;2-3H2,1H3;1H3,(H,3,4);1H2;1H4. The molecule has 0 aliphatic heterocycles. The molecular weight excluding hydrogens is 1670 g/mol. The van der Waals surface area contributed by atoms with Crippen LogP contribution in [0.15, 0.2) is 333 Å². The van der Waals surface area contributed by atoms with Crippen molar-refractivity contribution in [2.24, 2.45) is 5.73 Å². The maximum Gasteiger partial charge on any atom is 0.488 e. The normalized spacial score (nSPS) is 10.6. The van der Waals surface area contributed by atoms with Gasteiger partial charge in [-0.2, -0.15) is 0 Å². The first-order chi connectivity index (χ1) is 60.6. The number of carboxylic acid groups (broad SMARTS) is 1. The molecule has 646 valence electrons. The monoisotopic (exact) mass is 1760 g/mol. The number of nitrogens with two attached hydrogens (primary N) is 1. The summed E-state index contributed by atoms with van der Waals surface area (Å²) in [7, 11) is -1.44. The van der Waals surface area contributed by atoms with Crippen LogP contribution in [0.5, 0.6) is 46.0 Å². The highest BCUT2D eigenvalue weighted by atomic mass is 79.9. The van der Waals surface area contributed by atoms with Crippen LogP contribution in [0.3, 0.4) is 0 Å². The van der Waals surface area contributed by atoms with Gasteiger partial charge in [0.1, 0.15) is 58.8 Å². The minimum absolute atomic E-state index is 0. The molecule has 16 rings (SSSR count). The zero-order valence-electron chi connectivity index (χ0n) is 68.6. The number of carboxylic acids is 1. The average Bonchev–Trinajstić information content (AvgIpc) is 1.64. The van der Waals surface area contributed by atoms with Gasteiger partial charge in [-0.1, -0.05) is 163 Å². The van der Waals surface area contributed by atoms with Crippen molar-refractivity contribution < 1.29 is 82.1 Å². The third kappa shape index (κ3) is 30.4. The van der Waals surface area contributed by atoms with E-state index >= 15 is 0 Å². The number of benzene rings is 12. The molecule has 0 saturated heterocycles. The Morgan fingerprint density at radius 2 is 0.754 bits per heavy atom. The quantitative estimate of drug-likeness (QED) is 0.00915. The SMILES string of the molecule is Brc1ccc2[nH]ccc2c1.C.C=O.CC(=O)O.CCOC(=O)C(Cc1c[nH]c2ccc(-c3ccc(Oc4ccccc4)cc3)cc12)[N+](=O)[O-].CCOC(=O)C(N)Cc1c[nH]c2ccc(-c3ccc(Oc4ccccc4)cc3)cc12.CCOC(=O)C[N+](=O)[O-].OB(O)c1ccc(Oc2ccccc2)cc1.c1ccc(Oc2ccc(-c3ccc4[nH]ccc4c3)cc2)cc1. The van der Waals surface area contributed by atoms with Crippen molar-refractivity contribution in [3.8, 4) is 79.4 Å². The molecule has 0 radical (unpaired) electrons. The van der Waals surface area contributed by atoms with Crippen LogP contribution in [-0.4, -0.2) is 121 Å². The number of hydrogen-bond donors (Lipinski definition) is 8. The Morgan fingerprint density at radius 1 is 0.429 bits per heavy atom. The van der Waals surface area contributed by atoms with Crippen LogP contribution in [-0.2, 0) is 51.0 Å². The maximum absolute atomic E-state index is 12.0. The number of rotatable bonds is 24. The third-order valence-electron chi connectivity index (χ3n) is 18.1. The van der Waals surface area contributed by atoms with E-state index in [0.29, 0.717) is 29.8 Å². The van der Waals surface area contributed by atoms with E-state index in [4.69, 9.17) is 58.9 Å². The van der Waals surface area contributed by atoms with Crippen molar-refractivity contribution in [2.75, 3.05) is 26.4 Å². The average molecular weight is 1770 g/mol. The number of esters is 3. The molecule has 0 aliphatic carbocycles. The van der Waals surface area contributed by atoms with Gasteiger partial charge in [0.2, 0.25) is 0 Å². The van der Waals surface area contributed by atoms with Crippen LogP contribution in [0.2, 0.25) is 0 Å². The molecule has 9 N–H and O–H groups in total. The molecule has 126 heavy (non-hydrogen) atoms.